The number of hydrogen-bond acceptors (Lipinski definition) is 3. The van der Waals surface area contributed by atoms with Gasteiger partial charge in [-0.2, -0.15) is 0 Å². The van der Waals surface area contributed by atoms with Gasteiger partial charge in [0, 0.05) is 34.9 Å². The second-order valence-corrected chi connectivity index (χ2v) is 6.63. The molecule has 104 valence electrons. The van der Waals surface area contributed by atoms with Crippen LogP contribution in [0.1, 0.15) is 29.2 Å². The third kappa shape index (κ3) is 3.00. The molecular weight excluding hydrogens is 288 g/mol. The molecule has 0 saturated carbocycles. The zero-order valence-corrected chi connectivity index (χ0v) is 13.0. The van der Waals surface area contributed by atoms with Crippen LogP contribution in [-0.4, -0.2) is 10.7 Å². The van der Waals surface area contributed by atoms with E-state index in [9.17, 15) is 0 Å². The summed E-state index contributed by atoms with van der Waals surface area (Å²) in [7, 11) is 0. The Hall–Kier alpha value is -1.03. The van der Waals surface area contributed by atoms with E-state index in [0.717, 1.165) is 23.7 Å². The molecule has 1 N–H and O–H groups in total. The molecule has 0 bridgehead atoms. The number of hydrogen-bond donors (Lipinski definition) is 1. The van der Waals surface area contributed by atoms with E-state index in [1.54, 1.807) is 0 Å². The molecule has 20 heavy (non-hydrogen) atoms. The highest BCUT2D eigenvalue weighted by Gasteiger charge is 2.20. The number of nitrogens with zero attached hydrogens (tertiary/aromatic N) is 1. The summed E-state index contributed by atoms with van der Waals surface area (Å²) in [6.07, 6.45) is 4.91. The van der Waals surface area contributed by atoms with Crippen LogP contribution in [0, 0.1) is 6.92 Å². The van der Waals surface area contributed by atoms with Gasteiger partial charge in [-0.3, -0.25) is 4.98 Å². The van der Waals surface area contributed by atoms with Crippen molar-refractivity contribution >= 4 is 23.4 Å². The number of fused-ring (bicyclic) bond motifs is 1. The van der Waals surface area contributed by atoms with E-state index >= 15 is 0 Å². The van der Waals surface area contributed by atoms with Crippen LogP contribution in [0.3, 0.4) is 0 Å². The molecule has 0 amide bonds. The highest BCUT2D eigenvalue weighted by Crippen LogP contribution is 2.37. The van der Waals surface area contributed by atoms with Gasteiger partial charge in [0.05, 0.1) is 0 Å². The molecule has 1 unspecified atom stereocenters. The van der Waals surface area contributed by atoms with Crippen molar-refractivity contribution in [1.82, 2.24) is 10.3 Å². The first kappa shape index (κ1) is 13.9. The zero-order chi connectivity index (χ0) is 13.9. The van der Waals surface area contributed by atoms with Crippen molar-refractivity contribution in [2.45, 2.75) is 30.8 Å². The van der Waals surface area contributed by atoms with Crippen molar-refractivity contribution in [3.63, 3.8) is 0 Å². The lowest BCUT2D eigenvalue weighted by Crippen LogP contribution is -2.24. The van der Waals surface area contributed by atoms with E-state index in [2.05, 4.69) is 35.4 Å². The fourth-order valence-electron chi connectivity index (χ4n) is 2.51. The third-order valence-corrected chi connectivity index (χ3v) is 5.04. The summed E-state index contributed by atoms with van der Waals surface area (Å²) in [5.41, 5.74) is 3.87. The van der Waals surface area contributed by atoms with Crippen LogP contribution >= 0.6 is 23.4 Å². The van der Waals surface area contributed by atoms with Gasteiger partial charge >= 0.3 is 0 Å². The highest BCUT2D eigenvalue weighted by atomic mass is 35.5. The molecule has 1 atom stereocenters. The van der Waals surface area contributed by atoms with Crippen molar-refractivity contribution in [2.24, 2.45) is 0 Å². The van der Waals surface area contributed by atoms with Gasteiger partial charge in [-0.05, 0) is 60.1 Å². The molecule has 1 aromatic carbocycles. The predicted octanol–water partition coefficient (Wildman–Crippen LogP) is 4.37. The minimum atomic E-state index is 0.387. The Kier molecular flexibility index (Phi) is 4.29. The Labute approximate surface area is 129 Å². The van der Waals surface area contributed by atoms with Crippen LogP contribution in [0.5, 0.6) is 0 Å². The Balaban J connectivity index is 1.77. The molecule has 1 aromatic heterocycles. The summed E-state index contributed by atoms with van der Waals surface area (Å²) < 4.78 is 0. The Morgan fingerprint density at radius 3 is 3.15 bits per heavy atom. The smallest absolute Gasteiger partial charge is 0.0410 e. The number of aromatic nitrogens is 1. The van der Waals surface area contributed by atoms with Gasteiger partial charge in [0.2, 0.25) is 0 Å². The van der Waals surface area contributed by atoms with Gasteiger partial charge in [-0.15, -0.1) is 11.8 Å². The molecule has 4 heteroatoms. The molecule has 2 nitrogen and oxygen atoms in total. The van der Waals surface area contributed by atoms with Crippen LogP contribution in [-0.2, 0) is 6.54 Å². The van der Waals surface area contributed by atoms with Gasteiger partial charge < -0.3 is 5.32 Å². The first-order valence-corrected chi connectivity index (χ1v) is 8.15. The molecule has 0 fully saturated rings. The van der Waals surface area contributed by atoms with Crippen molar-refractivity contribution in [3.8, 4) is 0 Å². The zero-order valence-electron chi connectivity index (χ0n) is 11.4. The molecule has 0 saturated heterocycles. The van der Waals surface area contributed by atoms with Crippen LogP contribution in [0.15, 0.2) is 41.6 Å². The molecule has 0 radical (unpaired) electrons. The lowest BCUT2D eigenvalue weighted by molar-refractivity contribution is 0.509. The highest BCUT2D eigenvalue weighted by molar-refractivity contribution is 7.99. The predicted molar refractivity (Wildman–Crippen MR) is 85.3 cm³/mol. The number of pyridine rings is 1. The number of halogens is 1. The molecular formula is C16H17ClN2S. The number of thioether (sulfide) groups is 1. The van der Waals surface area contributed by atoms with E-state index in [1.807, 2.05) is 30.2 Å². The van der Waals surface area contributed by atoms with Gasteiger partial charge in [0.1, 0.15) is 0 Å². The average Bonchev–Trinajstić information content (AvgIpc) is 2.46. The number of rotatable bonds is 3. The molecule has 2 heterocycles. The summed E-state index contributed by atoms with van der Waals surface area (Å²) >= 11 is 8.06. The Bertz CT molecular complexity index is 615. The molecule has 2 aromatic rings. The number of benzene rings is 1. The lowest BCUT2D eigenvalue weighted by atomic mass is 10.0. The quantitative estimate of drug-likeness (QED) is 0.911. The molecule has 1 aliphatic heterocycles. The second-order valence-electron chi connectivity index (χ2n) is 5.05. The van der Waals surface area contributed by atoms with E-state index in [-0.39, 0.29) is 0 Å². The second kappa shape index (κ2) is 6.17. The van der Waals surface area contributed by atoms with Crippen LogP contribution in [0.25, 0.3) is 0 Å². The van der Waals surface area contributed by atoms with Gasteiger partial charge in [0.25, 0.3) is 0 Å². The van der Waals surface area contributed by atoms with E-state index < -0.39 is 0 Å². The standard InChI is InChI=1S/C16H17ClN2S/c1-11-9-18-6-4-12(11)10-19-15-5-7-20-16-3-2-13(17)8-14(15)16/h2-4,6,8-9,15,19H,5,7,10H2,1H3. The maximum atomic E-state index is 6.14. The average molecular weight is 305 g/mol. The first-order chi connectivity index (χ1) is 9.74. The first-order valence-electron chi connectivity index (χ1n) is 6.79. The fraction of sp³-hybridized carbons (Fsp3) is 0.312. The van der Waals surface area contributed by atoms with Gasteiger partial charge in [-0.1, -0.05) is 11.6 Å². The Morgan fingerprint density at radius 1 is 1.40 bits per heavy atom. The van der Waals surface area contributed by atoms with Crippen molar-refractivity contribution in [1.29, 1.82) is 0 Å². The Morgan fingerprint density at radius 2 is 2.30 bits per heavy atom. The topological polar surface area (TPSA) is 24.9 Å². The normalized spacial score (nSPS) is 17.8. The van der Waals surface area contributed by atoms with Crippen molar-refractivity contribution in [2.75, 3.05) is 5.75 Å². The maximum Gasteiger partial charge on any atom is 0.0410 e. The fourth-order valence-corrected chi connectivity index (χ4v) is 3.80. The third-order valence-electron chi connectivity index (χ3n) is 3.69. The minimum absolute atomic E-state index is 0.387. The van der Waals surface area contributed by atoms with Crippen LogP contribution < -0.4 is 5.32 Å². The summed E-state index contributed by atoms with van der Waals surface area (Å²) in [5.74, 6) is 1.15. The maximum absolute atomic E-state index is 6.14. The molecule has 0 spiro atoms. The van der Waals surface area contributed by atoms with E-state index in [4.69, 9.17) is 11.6 Å². The van der Waals surface area contributed by atoms with Crippen molar-refractivity contribution < 1.29 is 0 Å². The SMILES string of the molecule is Cc1cnccc1CNC1CCSc2ccc(Cl)cc21. The van der Waals surface area contributed by atoms with E-state index in [0.29, 0.717) is 6.04 Å². The molecule has 0 aliphatic carbocycles. The number of aryl methyl sites for hydroxylation is 1. The molecule has 3 rings (SSSR count). The summed E-state index contributed by atoms with van der Waals surface area (Å²) in [5, 5.41) is 4.48. The largest absolute Gasteiger partial charge is 0.306 e. The van der Waals surface area contributed by atoms with E-state index in [1.165, 1.54) is 21.6 Å². The van der Waals surface area contributed by atoms with Gasteiger partial charge in [0.15, 0.2) is 0 Å². The van der Waals surface area contributed by atoms with Crippen LogP contribution in [0.4, 0.5) is 0 Å². The summed E-state index contributed by atoms with van der Waals surface area (Å²) in [6.45, 7) is 2.97. The summed E-state index contributed by atoms with van der Waals surface area (Å²) in [4.78, 5) is 5.49. The monoisotopic (exact) mass is 304 g/mol. The summed E-state index contributed by atoms with van der Waals surface area (Å²) in [6, 6.07) is 8.67. The molecule has 1 aliphatic rings. The lowest BCUT2D eigenvalue weighted by Gasteiger charge is -2.26. The van der Waals surface area contributed by atoms with Gasteiger partial charge in [-0.25, -0.2) is 0 Å². The number of nitrogens with one attached hydrogen (secondary N) is 1. The van der Waals surface area contributed by atoms with Crippen molar-refractivity contribution in [3.05, 3.63) is 58.4 Å². The minimum Gasteiger partial charge on any atom is -0.306 e. The van der Waals surface area contributed by atoms with Crippen LogP contribution in [0.2, 0.25) is 5.02 Å².